The van der Waals surface area contributed by atoms with Crippen molar-refractivity contribution in [3.8, 4) is 17.2 Å². The van der Waals surface area contributed by atoms with Crippen molar-refractivity contribution in [3.63, 3.8) is 0 Å². The monoisotopic (exact) mass is 421 g/mol. The van der Waals surface area contributed by atoms with E-state index in [9.17, 15) is 18.0 Å². The fourth-order valence-corrected chi connectivity index (χ4v) is 4.51. The standard InChI is InChI=1S/C15H14F3N3O4S2/c1-23-8-4-7(5-9(24-2)11(8)25-3)12-21(10(22)6-26-12)14-20-19-13(27-14)15(16,17)18/h4-5,12H,6H2,1-3H3/t12-/m0/s1. The van der Waals surface area contributed by atoms with Crippen molar-refractivity contribution in [2.75, 3.05) is 32.0 Å². The van der Waals surface area contributed by atoms with Crippen molar-refractivity contribution in [1.82, 2.24) is 10.2 Å². The molecule has 0 spiro atoms. The number of carbonyl (C=O) groups excluding carboxylic acids is 1. The second-order valence-electron chi connectivity index (χ2n) is 5.27. The zero-order valence-electron chi connectivity index (χ0n) is 14.4. The Labute approximate surface area is 160 Å². The molecule has 1 aromatic heterocycles. The molecule has 27 heavy (non-hydrogen) atoms. The molecular weight excluding hydrogens is 407 g/mol. The number of anilines is 1. The van der Waals surface area contributed by atoms with E-state index >= 15 is 0 Å². The molecule has 146 valence electrons. The first kappa shape index (κ1) is 19.5. The normalized spacial score (nSPS) is 17.3. The highest BCUT2D eigenvalue weighted by Crippen LogP contribution is 2.48. The van der Waals surface area contributed by atoms with Gasteiger partial charge in [0.1, 0.15) is 5.37 Å². The zero-order valence-corrected chi connectivity index (χ0v) is 16.0. The molecule has 1 fully saturated rings. The minimum atomic E-state index is -4.62. The van der Waals surface area contributed by atoms with E-state index in [-0.39, 0.29) is 16.8 Å². The molecule has 1 aliphatic rings. The molecule has 1 saturated heterocycles. The Balaban J connectivity index is 2.03. The van der Waals surface area contributed by atoms with Gasteiger partial charge in [0, 0.05) is 0 Å². The van der Waals surface area contributed by atoms with Gasteiger partial charge in [-0.2, -0.15) is 13.2 Å². The van der Waals surface area contributed by atoms with Crippen LogP contribution in [0.5, 0.6) is 17.2 Å². The second kappa shape index (κ2) is 7.43. The Morgan fingerprint density at radius 3 is 2.22 bits per heavy atom. The zero-order chi connectivity index (χ0) is 19.8. The van der Waals surface area contributed by atoms with Crippen LogP contribution in [0.2, 0.25) is 0 Å². The molecule has 12 heteroatoms. The van der Waals surface area contributed by atoms with E-state index in [0.717, 1.165) is 0 Å². The molecule has 0 saturated carbocycles. The summed E-state index contributed by atoms with van der Waals surface area (Å²) in [5, 5.41) is 4.91. The van der Waals surface area contributed by atoms with Gasteiger partial charge in [0.05, 0.1) is 27.1 Å². The van der Waals surface area contributed by atoms with Crippen LogP contribution in [-0.2, 0) is 11.0 Å². The molecule has 0 N–H and O–H groups in total. The lowest BCUT2D eigenvalue weighted by Gasteiger charge is -2.23. The summed E-state index contributed by atoms with van der Waals surface area (Å²) in [5.41, 5.74) is 0.601. The van der Waals surface area contributed by atoms with Gasteiger partial charge >= 0.3 is 6.18 Å². The fraction of sp³-hybridized carbons (Fsp3) is 0.400. The number of amides is 1. The van der Waals surface area contributed by atoms with Gasteiger partial charge in [-0.3, -0.25) is 9.69 Å². The summed E-state index contributed by atoms with van der Waals surface area (Å²) < 4.78 is 54.4. The molecule has 1 aliphatic heterocycles. The SMILES string of the molecule is COc1cc([C@@H]2SCC(=O)N2c2nnc(C(F)(F)F)s2)cc(OC)c1OC. The summed E-state index contributed by atoms with van der Waals surface area (Å²) in [4.78, 5) is 13.5. The highest BCUT2D eigenvalue weighted by Gasteiger charge is 2.41. The lowest BCUT2D eigenvalue weighted by atomic mass is 10.1. The van der Waals surface area contributed by atoms with Gasteiger partial charge in [-0.15, -0.1) is 22.0 Å². The van der Waals surface area contributed by atoms with Crippen LogP contribution in [0.1, 0.15) is 15.9 Å². The minimum Gasteiger partial charge on any atom is -0.493 e. The number of benzene rings is 1. The Hall–Kier alpha value is -2.21. The van der Waals surface area contributed by atoms with Crippen LogP contribution in [0.25, 0.3) is 0 Å². The second-order valence-corrected chi connectivity index (χ2v) is 7.30. The quantitative estimate of drug-likeness (QED) is 0.733. The summed E-state index contributed by atoms with van der Waals surface area (Å²) in [7, 11) is 4.36. The predicted molar refractivity (Wildman–Crippen MR) is 93.7 cm³/mol. The van der Waals surface area contributed by atoms with Gasteiger partial charge in [-0.05, 0) is 17.7 Å². The molecule has 2 aromatic rings. The van der Waals surface area contributed by atoms with E-state index in [0.29, 0.717) is 34.1 Å². The third-order valence-electron chi connectivity index (χ3n) is 3.70. The Morgan fingerprint density at radius 2 is 1.74 bits per heavy atom. The minimum absolute atomic E-state index is 0.0995. The van der Waals surface area contributed by atoms with Gasteiger partial charge in [0.2, 0.25) is 21.8 Å². The number of hydrogen-bond acceptors (Lipinski definition) is 8. The van der Waals surface area contributed by atoms with Gasteiger partial charge in [-0.25, -0.2) is 0 Å². The maximum Gasteiger partial charge on any atom is 0.445 e. The fourth-order valence-electron chi connectivity index (χ4n) is 2.55. The first-order valence-electron chi connectivity index (χ1n) is 7.44. The first-order valence-corrected chi connectivity index (χ1v) is 9.31. The lowest BCUT2D eigenvalue weighted by Crippen LogP contribution is -2.27. The summed E-state index contributed by atoms with van der Waals surface area (Å²) in [6.07, 6.45) is -4.62. The number of rotatable bonds is 5. The van der Waals surface area contributed by atoms with Crippen LogP contribution in [0, 0.1) is 0 Å². The van der Waals surface area contributed by atoms with Gasteiger partial charge in [0.25, 0.3) is 0 Å². The average molecular weight is 421 g/mol. The van der Waals surface area contributed by atoms with Crippen molar-refractivity contribution >= 4 is 34.1 Å². The van der Waals surface area contributed by atoms with Crippen molar-refractivity contribution in [1.29, 1.82) is 0 Å². The summed E-state index contributed by atoms with van der Waals surface area (Å²) in [6, 6.07) is 3.30. The van der Waals surface area contributed by atoms with Gasteiger partial charge in [-0.1, -0.05) is 11.3 Å². The predicted octanol–water partition coefficient (Wildman–Crippen LogP) is 3.36. The van der Waals surface area contributed by atoms with E-state index in [2.05, 4.69) is 10.2 Å². The van der Waals surface area contributed by atoms with Crippen molar-refractivity contribution in [2.24, 2.45) is 0 Å². The largest absolute Gasteiger partial charge is 0.493 e. The highest BCUT2D eigenvalue weighted by atomic mass is 32.2. The maximum absolute atomic E-state index is 12.8. The molecule has 7 nitrogen and oxygen atoms in total. The molecule has 0 unspecified atom stereocenters. The number of thioether (sulfide) groups is 1. The molecular formula is C15H14F3N3O4S2. The summed E-state index contributed by atoms with van der Waals surface area (Å²) in [6.45, 7) is 0. The molecule has 2 heterocycles. The van der Waals surface area contributed by atoms with Crippen LogP contribution < -0.4 is 19.1 Å². The number of alkyl halides is 3. The number of ether oxygens (including phenoxy) is 3. The number of aromatic nitrogens is 2. The maximum atomic E-state index is 12.8. The van der Waals surface area contributed by atoms with Crippen LogP contribution in [0.3, 0.4) is 0 Å². The smallest absolute Gasteiger partial charge is 0.445 e. The topological polar surface area (TPSA) is 73.8 Å². The van der Waals surface area contributed by atoms with Crippen molar-refractivity contribution in [3.05, 3.63) is 22.7 Å². The molecule has 0 bridgehead atoms. The average Bonchev–Trinajstić information content (AvgIpc) is 3.26. The number of carbonyl (C=O) groups is 1. The number of nitrogens with zero attached hydrogens (tertiary/aromatic N) is 3. The highest BCUT2D eigenvalue weighted by molar-refractivity contribution is 8.00. The molecule has 0 radical (unpaired) electrons. The van der Waals surface area contributed by atoms with Crippen LogP contribution >= 0.6 is 23.1 Å². The van der Waals surface area contributed by atoms with E-state index in [1.54, 1.807) is 12.1 Å². The van der Waals surface area contributed by atoms with Gasteiger partial charge in [0.15, 0.2) is 11.5 Å². The number of hydrogen-bond donors (Lipinski definition) is 0. The summed E-state index contributed by atoms with van der Waals surface area (Å²) >= 11 is 1.58. The van der Waals surface area contributed by atoms with Crippen LogP contribution in [0.4, 0.5) is 18.3 Å². The third kappa shape index (κ3) is 3.63. The number of methoxy groups -OCH3 is 3. The van der Waals surface area contributed by atoms with Crippen LogP contribution in [-0.4, -0.2) is 43.2 Å². The molecule has 1 aromatic carbocycles. The molecule has 0 aliphatic carbocycles. The molecule has 1 amide bonds. The van der Waals surface area contributed by atoms with Crippen LogP contribution in [0.15, 0.2) is 12.1 Å². The van der Waals surface area contributed by atoms with E-state index in [1.165, 1.54) is 38.0 Å². The number of halogens is 3. The molecule has 1 atom stereocenters. The third-order valence-corrected chi connectivity index (χ3v) is 5.88. The van der Waals surface area contributed by atoms with E-state index in [1.807, 2.05) is 0 Å². The Bertz CT molecular complexity index is 834. The summed E-state index contributed by atoms with van der Waals surface area (Å²) in [5.74, 6) is 0.867. The molecule has 3 rings (SSSR count). The van der Waals surface area contributed by atoms with E-state index in [4.69, 9.17) is 14.2 Å². The van der Waals surface area contributed by atoms with Crippen molar-refractivity contribution in [2.45, 2.75) is 11.6 Å². The van der Waals surface area contributed by atoms with Gasteiger partial charge < -0.3 is 14.2 Å². The Kier molecular flexibility index (Phi) is 5.38. The van der Waals surface area contributed by atoms with Crippen molar-refractivity contribution < 1.29 is 32.2 Å². The van der Waals surface area contributed by atoms with E-state index < -0.39 is 16.6 Å². The Morgan fingerprint density at radius 1 is 1.11 bits per heavy atom. The lowest BCUT2D eigenvalue weighted by molar-refractivity contribution is -0.138. The first-order chi connectivity index (χ1) is 12.8.